The third-order valence-electron chi connectivity index (χ3n) is 5.95. The Balaban J connectivity index is 1.70. The first-order valence-electron chi connectivity index (χ1n) is 8.77. The quantitative estimate of drug-likeness (QED) is 0.639. The summed E-state index contributed by atoms with van der Waals surface area (Å²) in [6.45, 7) is 3.40. The minimum Gasteiger partial charge on any atom is -0.278 e. The number of nitrogens with zero attached hydrogens (tertiary/aromatic N) is 1. The summed E-state index contributed by atoms with van der Waals surface area (Å²) in [5.74, 6) is 0. The SMILES string of the molecule is C[C@]12c3ccccc3C[C@H](c3ccccc31)N2Cc1ccccc1. The average Bonchev–Trinajstić information content (AvgIpc) is 2.80. The van der Waals surface area contributed by atoms with E-state index in [4.69, 9.17) is 0 Å². The lowest BCUT2D eigenvalue weighted by Gasteiger charge is -2.44. The van der Waals surface area contributed by atoms with Gasteiger partial charge in [-0.25, -0.2) is 0 Å². The van der Waals surface area contributed by atoms with Crippen molar-refractivity contribution in [3.05, 3.63) is 107 Å². The van der Waals surface area contributed by atoms with E-state index in [0.717, 1.165) is 13.0 Å². The van der Waals surface area contributed by atoms with Crippen LogP contribution in [0.3, 0.4) is 0 Å². The Morgan fingerprint density at radius 3 is 2.33 bits per heavy atom. The fourth-order valence-electron chi connectivity index (χ4n) is 4.82. The predicted octanol–water partition coefficient (Wildman–Crippen LogP) is 5.06. The predicted molar refractivity (Wildman–Crippen MR) is 97.8 cm³/mol. The second-order valence-electron chi connectivity index (χ2n) is 7.15. The van der Waals surface area contributed by atoms with Gasteiger partial charge in [-0.15, -0.1) is 0 Å². The second kappa shape index (κ2) is 5.06. The van der Waals surface area contributed by atoms with E-state index in [1.807, 2.05) is 0 Å². The standard InChI is InChI=1S/C23H21N/c1-23-20-13-7-5-11-18(20)15-22(19-12-6-8-14-21(19)23)24(23)16-17-9-3-2-4-10-17/h2-14,22H,15-16H2,1H3/t22-,23+/m1/s1. The van der Waals surface area contributed by atoms with Crippen LogP contribution in [0.4, 0.5) is 0 Å². The summed E-state index contributed by atoms with van der Waals surface area (Å²) >= 11 is 0. The maximum atomic E-state index is 2.70. The molecule has 2 aliphatic rings. The molecule has 2 aliphatic heterocycles. The molecular weight excluding hydrogens is 290 g/mol. The molecule has 0 unspecified atom stereocenters. The Bertz CT molecular complexity index is 886. The van der Waals surface area contributed by atoms with Crippen LogP contribution >= 0.6 is 0 Å². The zero-order valence-corrected chi connectivity index (χ0v) is 13.9. The minimum atomic E-state index is -0.0358. The van der Waals surface area contributed by atoms with Gasteiger partial charge in [0, 0.05) is 12.6 Å². The fourth-order valence-corrected chi connectivity index (χ4v) is 4.82. The van der Waals surface area contributed by atoms with Crippen LogP contribution in [0, 0.1) is 0 Å². The molecule has 24 heavy (non-hydrogen) atoms. The fraction of sp³-hybridized carbons (Fsp3) is 0.217. The molecule has 0 radical (unpaired) electrons. The summed E-state index contributed by atoms with van der Waals surface area (Å²) in [6.07, 6.45) is 1.11. The van der Waals surface area contributed by atoms with E-state index in [1.54, 1.807) is 0 Å². The molecule has 0 spiro atoms. The molecule has 0 saturated carbocycles. The lowest BCUT2D eigenvalue weighted by atomic mass is 9.80. The van der Waals surface area contributed by atoms with Crippen molar-refractivity contribution in [2.45, 2.75) is 31.5 Å². The van der Waals surface area contributed by atoms with Crippen molar-refractivity contribution in [3.63, 3.8) is 0 Å². The molecule has 3 aromatic rings. The molecule has 1 heteroatoms. The van der Waals surface area contributed by atoms with E-state index in [9.17, 15) is 0 Å². The number of fused-ring (bicyclic) bond motifs is 7. The Morgan fingerprint density at radius 1 is 0.833 bits per heavy atom. The lowest BCUT2D eigenvalue weighted by Crippen LogP contribution is -2.44. The van der Waals surface area contributed by atoms with Crippen molar-refractivity contribution >= 4 is 0 Å². The van der Waals surface area contributed by atoms with Crippen LogP contribution in [0.15, 0.2) is 78.9 Å². The van der Waals surface area contributed by atoms with Crippen LogP contribution in [0.1, 0.15) is 40.8 Å². The summed E-state index contributed by atoms with van der Waals surface area (Å²) in [5.41, 5.74) is 7.32. The van der Waals surface area contributed by atoms with Crippen molar-refractivity contribution < 1.29 is 0 Å². The molecule has 0 aliphatic carbocycles. The molecule has 0 aromatic heterocycles. The highest BCUT2D eigenvalue weighted by molar-refractivity contribution is 5.54. The van der Waals surface area contributed by atoms with Crippen molar-refractivity contribution in [3.8, 4) is 0 Å². The van der Waals surface area contributed by atoms with E-state index < -0.39 is 0 Å². The van der Waals surface area contributed by atoms with E-state index >= 15 is 0 Å². The Morgan fingerprint density at radius 2 is 1.50 bits per heavy atom. The molecule has 0 fully saturated rings. The normalized spacial score (nSPS) is 24.5. The summed E-state index contributed by atoms with van der Waals surface area (Å²) in [5, 5.41) is 0. The third kappa shape index (κ3) is 1.79. The van der Waals surface area contributed by atoms with Gasteiger partial charge in [0.15, 0.2) is 0 Å². The second-order valence-corrected chi connectivity index (χ2v) is 7.15. The molecule has 0 saturated heterocycles. The van der Waals surface area contributed by atoms with E-state index in [1.165, 1.54) is 27.8 Å². The number of rotatable bonds is 2. The van der Waals surface area contributed by atoms with Gasteiger partial charge in [-0.2, -0.15) is 0 Å². The van der Waals surface area contributed by atoms with Gasteiger partial charge in [0.05, 0.1) is 5.54 Å². The smallest absolute Gasteiger partial charge is 0.0700 e. The topological polar surface area (TPSA) is 3.24 Å². The Labute approximate surface area is 143 Å². The van der Waals surface area contributed by atoms with E-state index in [-0.39, 0.29) is 5.54 Å². The first-order valence-corrected chi connectivity index (χ1v) is 8.77. The first-order chi connectivity index (χ1) is 11.8. The van der Waals surface area contributed by atoms with Gasteiger partial charge in [-0.05, 0) is 41.2 Å². The molecular formula is C23H21N. The Kier molecular flexibility index (Phi) is 2.95. The van der Waals surface area contributed by atoms with Crippen LogP contribution in [0.2, 0.25) is 0 Å². The van der Waals surface area contributed by atoms with Crippen molar-refractivity contribution in [2.75, 3.05) is 0 Å². The molecule has 3 aromatic carbocycles. The molecule has 1 nitrogen and oxygen atoms in total. The average molecular weight is 311 g/mol. The molecule has 2 heterocycles. The molecule has 118 valence electrons. The number of hydrogen-bond donors (Lipinski definition) is 0. The number of benzene rings is 3. The third-order valence-corrected chi connectivity index (χ3v) is 5.95. The van der Waals surface area contributed by atoms with Crippen LogP contribution in [-0.2, 0) is 18.5 Å². The van der Waals surface area contributed by atoms with Gasteiger partial charge in [0.2, 0.25) is 0 Å². The van der Waals surface area contributed by atoms with Crippen molar-refractivity contribution in [2.24, 2.45) is 0 Å². The summed E-state index contributed by atoms with van der Waals surface area (Å²) in [4.78, 5) is 2.70. The van der Waals surface area contributed by atoms with Gasteiger partial charge in [-0.1, -0.05) is 78.9 Å². The maximum Gasteiger partial charge on any atom is 0.0700 e. The van der Waals surface area contributed by atoms with Gasteiger partial charge in [-0.3, -0.25) is 4.90 Å². The van der Waals surface area contributed by atoms with E-state index in [0.29, 0.717) is 6.04 Å². The van der Waals surface area contributed by atoms with Gasteiger partial charge >= 0.3 is 0 Å². The highest BCUT2D eigenvalue weighted by Crippen LogP contribution is 2.55. The molecule has 2 bridgehead atoms. The van der Waals surface area contributed by atoms with Gasteiger partial charge < -0.3 is 0 Å². The van der Waals surface area contributed by atoms with Crippen LogP contribution in [0.5, 0.6) is 0 Å². The largest absolute Gasteiger partial charge is 0.278 e. The monoisotopic (exact) mass is 311 g/mol. The maximum absolute atomic E-state index is 2.70. The summed E-state index contributed by atoms with van der Waals surface area (Å²) in [7, 11) is 0. The minimum absolute atomic E-state index is 0.0358. The number of hydrogen-bond acceptors (Lipinski definition) is 1. The van der Waals surface area contributed by atoms with Crippen molar-refractivity contribution in [1.29, 1.82) is 0 Å². The Hall–Kier alpha value is -2.38. The van der Waals surface area contributed by atoms with Gasteiger partial charge in [0.1, 0.15) is 0 Å². The van der Waals surface area contributed by atoms with E-state index in [2.05, 4.69) is 90.7 Å². The van der Waals surface area contributed by atoms with Gasteiger partial charge in [0.25, 0.3) is 0 Å². The summed E-state index contributed by atoms with van der Waals surface area (Å²) in [6, 6.07) is 29.4. The lowest BCUT2D eigenvalue weighted by molar-refractivity contribution is 0.0864. The zero-order valence-electron chi connectivity index (χ0n) is 13.9. The van der Waals surface area contributed by atoms with Crippen molar-refractivity contribution in [1.82, 2.24) is 4.90 Å². The molecule has 5 rings (SSSR count). The summed E-state index contributed by atoms with van der Waals surface area (Å²) < 4.78 is 0. The molecule has 0 amide bonds. The van der Waals surface area contributed by atoms with Crippen LogP contribution < -0.4 is 0 Å². The molecule has 2 atom stereocenters. The van der Waals surface area contributed by atoms with Crippen LogP contribution in [-0.4, -0.2) is 4.90 Å². The highest BCUT2D eigenvalue weighted by atomic mass is 15.3. The zero-order chi connectivity index (χ0) is 16.1. The highest BCUT2D eigenvalue weighted by Gasteiger charge is 2.51. The molecule has 0 N–H and O–H groups in total. The van der Waals surface area contributed by atoms with Crippen LogP contribution in [0.25, 0.3) is 0 Å². The first kappa shape index (κ1) is 14.0.